The molecule has 0 aliphatic heterocycles. The van der Waals surface area contributed by atoms with Crippen molar-refractivity contribution in [3.63, 3.8) is 0 Å². The molecule has 0 fully saturated rings. The first-order chi connectivity index (χ1) is 8.56. The van der Waals surface area contributed by atoms with Crippen molar-refractivity contribution in [2.75, 3.05) is 6.54 Å². The first-order valence-electron chi connectivity index (χ1n) is 6.31. The molecule has 0 atom stereocenters. The van der Waals surface area contributed by atoms with Gasteiger partial charge in [0.1, 0.15) is 0 Å². The van der Waals surface area contributed by atoms with Gasteiger partial charge in [0, 0.05) is 23.9 Å². The van der Waals surface area contributed by atoms with Crippen molar-refractivity contribution in [3.05, 3.63) is 28.6 Å². The van der Waals surface area contributed by atoms with Crippen molar-refractivity contribution >= 4 is 11.3 Å². The van der Waals surface area contributed by atoms with E-state index in [0.717, 1.165) is 24.6 Å². The minimum atomic E-state index is 0.502. The molecule has 98 valence electrons. The summed E-state index contributed by atoms with van der Waals surface area (Å²) in [6.45, 7) is 9.43. The Hall–Kier alpha value is -1.13. The van der Waals surface area contributed by atoms with E-state index in [2.05, 4.69) is 44.1 Å². The van der Waals surface area contributed by atoms with E-state index in [9.17, 15) is 0 Å². The number of thiophene rings is 1. The van der Waals surface area contributed by atoms with Crippen LogP contribution in [0.25, 0.3) is 10.6 Å². The molecule has 0 radical (unpaired) electrons. The van der Waals surface area contributed by atoms with Gasteiger partial charge in [0.25, 0.3) is 0 Å². The highest BCUT2D eigenvalue weighted by atomic mass is 32.1. The van der Waals surface area contributed by atoms with Crippen molar-refractivity contribution in [2.24, 2.45) is 0 Å². The molecule has 0 saturated carbocycles. The lowest BCUT2D eigenvalue weighted by molar-refractivity contribution is 0.485. The second-order valence-corrected chi connectivity index (χ2v) is 6.08. The molecule has 0 aliphatic rings. The molecule has 0 saturated heterocycles. The largest absolute Gasteiger partial charge is 0.440 e. The molecular formula is C14H20N2OS. The minimum absolute atomic E-state index is 0.502. The summed E-state index contributed by atoms with van der Waals surface area (Å²) in [7, 11) is 0. The Kier molecular flexibility index (Phi) is 4.19. The van der Waals surface area contributed by atoms with Crippen LogP contribution < -0.4 is 5.32 Å². The van der Waals surface area contributed by atoms with Gasteiger partial charge in [0.2, 0.25) is 0 Å². The maximum atomic E-state index is 5.78. The molecule has 0 spiro atoms. The molecule has 2 aromatic heterocycles. The molecule has 0 aromatic carbocycles. The lowest BCUT2D eigenvalue weighted by Gasteiger charge is -2.05. The number of hydrogen-bond acceptors (Lipinski definition) is 4. The fourth-order valence-corrected chi connectivity index (χ4v) is 2.68. The van der Waals surface area contributed by atoms with E-state index in [-0.39, 0.29) is 0 Å². The van der Waals surface area contributed by atoms with E-state index < -0.39 is 0 Å². The third-order valence-electron chi connectivity index (χ3n) is 2.85. The molecule has 0 bridgehead atoms. The molecule has 0 aliphatic carbocycles. The lowest BCUT2D eigenvalue weighted by atomic mass is 10.3. The second-order valence-electron chi connectivity index (χ2n) is 4.83. The lowest BCUT2D eigenvalue weighted by Crippen LogP contribution is -2.24. The molecule has 4 heteroatoms. The van der Waals surface area contributed by atoms with Crippen LogP contribution in [-0.2, 0) is 6.42 Å². The first-order valence-corrected chi connectivity index (χ1v) is 7.13. The molecule has 2 heterocycles. The van der Waals surface area contributed by atoms with Crippen LogP contribution in [0, 0.1) is 13.8 Å². The van der Waals surface area contributed by atoms with Crippen LogP contribution in [-0.4, -0.2) is 17.6 Å². The zero-order chi connectivity index (χ0) is 13.1. The fraction of sp³-hybridized carbons (Fsp3) is 0.500. The van der Waals surface area contributed by atoms with Crippen molar-refractivity contribution in [3.8, 4) is 10.6 Å². The van der Waals surface area contributed by atoms with Gasteiger partial charge in [-0.2, -0.15) is 0 Å². The number of oxazole rings is 1. The monoisotopic (exact) mass is 264 g/mol. The first kappa shape index (κ1) is 13.3. The molecule has 1 N–H and O–H groups in total. The van der Waals surface area contributed by atoms with E-state index in [4.69, 9.17) is 4.42 Å². The van der Waals surface area contributed by atoms with Crippen LogP contribution in [0.3, 0.4) is 0 Å². The Morgan fingerprint density at radius 1 is 1.39 bits per heavy atom. The Morgan fingerprint density at radius 2 is 2.17 bits per heavy atom. The van der Waals surface area contributed by atoms with E-state index in [1.807, 2.05) is 6.20 Å². The molecule has 2 rings (SSSR count). The van der Waals surface area contributed by atoms with Gasteiger partial charge >= 0.3 is 0 Å². The maximum Gasteiger partial charge on any atom is 0.196 e. The van der Waals surface area contributed by atoms with E-state index in [0.29, 0.717) is 6.04 Å². The zero-order valence-corrected chi connectivity index (χ0v) is 12.2. The third kappa shape index (κ3) is 3.21. The number of hydrogen-bond donors (Lipinski definition) is 1. The fourth-order valence-electron chi connectivity index (χ4n) is 1.70. The third-order valence-corrected chi connectivity index (χ3v) is 4.02. The Bertz CT molecular complexity index is 494. The van der Waals surface area contributed by atoms with Crippen LogP contribution in [0.5, 0.6) is 0 Å². The van der Waals surface area contributed by atoms with E-state index >= 15 is 0 Å². The van der Waals surface area contributed by atoms with Gasteiger partial charge in [0.05, 0.1) is 11.1 Å². The molecule has 3 nitrogen and oxygen atoms in total. The summed E-state index contributed by atoms with van der Waals surface area (Å²) in [5, 5.41) is 3.36. The topological polar surface area (TPSA) is 38.1 Å². The number of aromatic nitrogens is 1. The summed E-state index contributed by atoms with van der Waals surface area (Å²) >= 11 is 1.76. The van der Waals surface area contributed by atoms with Crippen molar-refractivity contribution in [1.29, 1.82) is 0 Å². The highest BCUT2D eigenvalue weighted by Gasteiger charge is 2.10. The number of rotatable bonds is 5. The summed E-state index contributed by atoms with van der Waals surface area (Å²) in [5.74, 6) is 1.69. The van der Waals surface area contributed by atoms with Crippen LogP contribution in [0.15, 0.2) is 16.7 Å². The van der Waals surface area contributed by atoms with Crippen molar-refractivity contribution in [2.45, 2.75) is 40.2 Å². The number of nitrogens with one attached hydrogen (secondary N) is 1. The van der Waals surface area contributed by atoms with Gasteiger partial charge < -0.3 is 9.73 Å². The molecule has 0 amide bonds. The molecule has 18 heavy (non-hydrogen) atoms. The predicted molar refractivity (Wildman–Crippen MR) is 76.1 cm³/mol. The Labute approximate surface area is 112 Å². The SMILES string of the molecule is Cc1cc(-c2cnc(CCNC(C)C)o2)sc1C. The summed E-state index contributed by atoms with van der Waals surface area (Å²) < 4.78 is 5.78. The van der Waals surface area contributed by atoms with Crippen molar-refractivity contribution in [1.82, 2.24) is 10.3 Å². The summed E-state index contributed by atoms with van der Waals surface area (Å²) in [5.41, 5.74) is 1.31. The van der Waals surface area contributed by atoms with Crippen LogP contribution >= 0.6 is 11.3 Å². The van der Waals surface area contributed by atoms with Gasteiger partial charge in [-0.1, -0.05) is 13.8 Å². The highest BCUT2D eigenvalue weighted by Crippen LogP contribution is 2.30. The number of aryl methyl sites for hydroxylation is 2. The second kappa shape index (κ2) is 5.67. The van der Waals surface area contributed by atoms with Gasteiger partial charge in [-0.05, 0) is 25.5 Å². The smallest absolute Gasteiger partial charge is 0.196 e. The zero-order valence-electron chi connectivity index (χ0n) is 11.4. The average Bonchev–Trinajstić information content (AvgIpc) is 2.87. The molecule has 2 aromatic rings. The maximum absolute atomic E-state index is 5.78. The predicted octanol–water partition coefficient (Wildman–Crippen LogP) is 3.56. The van der Waals surface area contributed by atoms with Crippen molar-refractivity contribution < 1.29 is 4.42 Å². The standard InChI is InChI=1S/C14H20N2OS/c1-9(2)15-6-5-14-16-8-12(17-14)13-7-10(3)11(4)18-13/h7-9,15H,5-6H2,1-4H3. The highest BCUT2D eigenvalue weighted by molar-refractivity contribution is 7.15. The van der Waals surface area contributed by atoms with Gasteiger partial charge in [-0.15, -0.1) is 11.3 Å². The van der Waals surface area contributed by atoms with Gasteiger partial charge in [-0.3, -0.25) is 0 Å². The van der Waals surface area contributed by atoms with E-state index in [1.165, 1.54) is 15.3 Å². The Morgan fingerprint density at radius 3 is 2.78 bits per heavy atom. The Balaban J connectivity index is 2.01. The van der Waals surface area contributed by atoms with Crippen LogP contribution in [0.1, 0.15) is 30.2 Å². The van der Waals surface area contributed by atoms with Crippen LogP contribution in [0.4, 0.5) is 0 Å². The molecule has 0 unspecified atom stereocenters. The normalized spacial score (nSPS) is 11.4. The summed E-state index contributed by atoms with van der Waals surface area (Å²) in [6, 6.07) is 2.67. The molecular weight excluding hydrogens is 244 g/mol. The van der Waals surface area contributed by atoms with Gasteiger partial charge in [0.15, 0.2) is 11.7 Å². The quantitative estimate of drug-likeness (QED) is 0.897. The average molecular weight is 264 g/mol. The summed E-state index contributed by atoms with van der Waals surface area (Å²) in [4.78, 5) is 6.83. The summed E-state index contributed by atoms with van der Waals surface area (Å²) in [6.07, 6.45) is 2.66. The number of nitrogens with zero attached hydrogens (tertiary/aromatic N) is 1. The van der Waals surface area contributed by atoms with Gasteiger partial charge in [-0.25, -0.2) is 4.98 Å². The van der Waals surface area contributed by atoms with E-state index in [1.54, 1.807) is 11.3 Å². The van der Waals surface area contributed by atoms with Crippen LogP contribution in [0.2, 0.25) is 0 Å². The minimum Gasteiger partial charge on any atom is -0.440 e.